The van der Waals surface area contributed by atoms with Crippen LogP contribution in [-0.4, -0.2) is 17.6 Å². The molecule has 1 amide bonds. The Morgan fingerprint density at radius 1 is 1.29 bits per heavy atom. The summed E-state index contributed by atoms with van der Waals surface area (Å²) in [6.45, 7) is 8.39. The molecular formula is C26H32FNO3. The van der Waals surface area contributed by atoms with Crippen molar-refractivity contribution in [2.45, 2.75) is 71.8 Å². The van der Waals surface area contributed by atoms with Gasteiger partial charge in [0.2, 0.25) is 0 Å². The zero-order valence-electron chi connectivity index (χ0n) is 18.9. The quantitative estimate of drug-likeness (QED) is 0.534. The summed E-state index contributed by atoms with van der Waals surface area (Å²) in [4.78, 5) is 13.1. The van der Waals surface area contributed by atoms with Crippen molar-refractivity contribution in [1.82, 2.24) is 5.32 Å². The average molecular weight is 426 g/mol. The highest BCUT2D eigenvalue weighted by Crippen LogP contribution is 2.52. The summed E-state index contributed by atoms with van der Waals surface area (Å²) < 4.78 is 22.0. The molecule has 1 fully saturated rings. The van der Waals surface area contributed by atoms with Crippen molar-refractivity contribution >= 4 is 5.91 Å². The van der Waals surface area contributed by atoms with Gasteiger partial charge in [-0.1, -0.05) is 43.5 Å². The monoisotopic (exact) mass is 425 g/mol. The number of carbonyl (C=O) groups excluding carboxylic acids is 1. The Kier molecular flexibility index (Phi) is 5.71. The third kappa shape index (κ3) is 4.02. The normalized spacial score (nSPS) is 16.3. The summed E-state index contributed by atoms with van der Waals surface area (Å²) in [7, 11) is 0. The second kappa shape index (κ2) is 8.18. The van der Waals surface area contributed by atoms with Crippen molar-refractivity contribution in [1.29, 1.82) is 0 Å². The zero-order chi connectivity index (χ0) is 22.3. The van der Waals surface area contributed by atoms with Gasteiger partial charge in [-0.2, -0.15) is 0 Å². The van der Waals surface area contributed by atoms with E-state index in [4.69, 9.17) is 4.74 Å². The van der Waals surface area contributed by atoms with E-state index in [2.05, 4.69) is 12.2 Å². The molecule has 5 heteroatoms. The fourth-order valence-corrected chi connectivity index (χ4v) is 4.46. The first-order valence-corrected chi connectivity index (χ1v) is 11.4. The molecule has 0 bridgehead atoms. The molecule has 1 heterocycles. The molecule has 166 valence electrons. The molecule has 0 saturated heterocycles. The van der Waals surface area contributed by atoms with Gasteiger partial charge in [0.05, 0.1) is 11.1 Å². The Hall–Kier alpha value is -2.56. The highest BCUT2D eigenvalue weighted by molar-refractivity contribution is 6.02. The van der Waals surface area contributed by atoms with Crippen LogP contribution < -0.4 is 10.1 Å². The number of amides is 1. The van der Waals surface area contributed by atoms with Gasteiger partial charge in [-0.25, -0.2) is 4.39 Å². The number of aryl methyl sites for hydroxylation is 1. The van der Waals surface area contributed by atoms with E-state index >= 15 is 4.39 Å². The largest absolute Gasteiger partial charge is 0.506 e. The number of halogens is 1. The van der Waals surface area contributed by atoms with Crippen molar-refractivity contribution < 1.29 is 19.0 Å². The van der Waals surface area contributed by atoms with E-state index in [-0.39, 0.29) is 28.2 Å². The maximum absolute atomic E-state index is 15.9. The predicted octanol–water partition coefficient (Wildman–Crippen LogP) is 6.01. The summed E-state index contributed by atoms with van der Waals surface area (Å²) in [5, 5.41) is 14.3. The summed E-state index contributed by atoms with van der Waals surface area (Å²) in [6, 6.07) is 5.86. The molecule has 4 nitrogen and oxygen atoms in total. The van der Waals surface area contributed by atoms with Crippen LogP contribution in [0.5, 0.6) is 11.5 Å². The van der Waals surface area contributed by atoms with E-state index < -0.39 is 17.3 Å². The summed E-state index contributed by atoms with van der Waals surface area (Å²) in [6.07, 6.45) is 5.24. The van der Waals surface area contributed by atoms with Crippen LogP contribution in [0.3, 0.4) is 0 Å². The fourth-order valence-electron chi connectivity index (χ4n) is 4.46. The van der Waals surface area contributed by atoms with E-state index in [1.807, 2.05) is 39.0 Å². The highest BCUT2D eigenvalue weighted by Gasteiger charge is 2.39. The molecule has 2 aromatic rings. The Balaban J connectivity index is 1.90. The van der Waals surface area contributed by atoms with Crippen molar-refractivity contribution in [2.75, 3.05) is 6.54 Å². The van der Waals surface area contributed by atoms with Crippen LogP contribution >= 0.6 is 0 Å². The fraction of sp³-hybridized carbons (Fsp3) is 0.500. The maximum atomic E-state index is 15.9. The van der Waals surface area contributed by atoms with Gasteiger partial charge in [0.25, 0.3) is 5.91 Å². The molecule has 2 aromatic carbocycles. The SMILES string of the molecule is CCCCCc1c(F)c2c(c(O)c1C(=O)NCC1CC1)-c1cc(C)ccc1C(C)(C)O2. The average Bonchev–Trinajstić information content (AvgIpc) is 3.53. The number of nitrogens with one attached hydrogen (secondary N) is 1. The third-order valence-corrected chi connectivity index (χ3v) is 6.42. The lowest BCUT2D eigenvalue weighted by Gasteiger charge is -2.36. The van der Waals surface area contributed by atoms with Crippen molar-refractivity contribution in [3.8, 4) is 22.6 Å². The van der Waals surface area contributed by atoms with E-state index in [9.17, 15) is 9.90 Å². The van der Waals surface area contributed by atoms with Crippen LogP contribution in [0.1, 0.15) is 79.9 Å². The summed E-state index contributed by atoms with van der Waals surface area (Å²) in [5.41, 5.74) is 2.43. The molecule has 0 unspecified atom stereocenters. The van der Waals surface area contributed by atoms with Gasteiger partial charge in [0, 0.05) is 17.7 Å². The van der Waals surface area contributed by atoms with Crippen LogP contribution in [0, 0.1) is 18.7 Å². The number of ether oxygens (including phenoxy) is 1. The molecule has 0 spiro atoms. The molecule has 1 aliphatic heterocycles. The highest BCUT2D eigenvalue weighted by atomic mass is 19.1. The van der Waals surface area contributed by atoms with Crippen molar-refractivity contribution in [3.63, 3.8) is 0 Å². The lowest BCUT2D eigenvalue weighted by atomic mass is 9.82. The van der Waals surface area contributed by atoms with E-state index in [1.165, 1.54) is 0 Å². The molecule has 4 rings (SSSR count). The van der Waals surface area contributed by atoms with E-state index in [0.717, 1.165) is 48.8 Å². The number of hydrogen-bond donors (Lipinski definition) is 2. The van der Waals surface area contributed by atoms with E-state index in [1.54, 1.807) is 0 Å². The molecule has 0 atom stereocenters. The Morgan fingerprint density at radius 2 is 2.03 bits per heavy atom. The topological polar surface area (TPSA) is 58.6 Å². The molecule has 2 N–H and O–H groups in total. The van der Waals surface area contributed by atoms with Gasteiger partial charge < -0.3 is 15.2 Å². The standard InChI is InChI=1S/C26H32FNO3/c1-5-6-7-8-17-21(25(30)28-14-16-10-11-16)23(29)20-18-13-15(2)9-12-19(18)26(3,4)31-24(20)22(17)27/h9,12-13,16,29H,5-8,10-11,14H2,1-4H3,(H,28,30). The van der Waals surface area contributed by atoms with Gasteiger partial charge in [-0.05, 0) is 57.9 Å². The number of phenolic OH excluding ortho intramolecular Hbond substituents is 1. The molecule has 1 aliphatic carbocycles. The molecule has 2 aliphatic rings. The third-order valence-electron chi connectivity index (χ3n) is 6.42. The molecule has 0 aromatic heterocycles. The van der Waals surface area contributed by atoms with E-state index in [0.29, 0.717) is 18.9 Å². The minimum absolute atomic E-state index is 0.0471. The van der Waals surface area contributed by atoms with Crippen molar-refractivity contribution in [2.24, 2.45) is 5.92 Å². The maximum Gasteiger partial charge on any atom is 0.255 e. The molecule has 31 heavy (non-hydrogen) atoms. The predicted molar refractivity (Wildman–Crippen MR) is 120 cm³/mol. The second-order valence-electron chi connectivity index (χ2n) is 9.49. The first-order chi connectivity index (χ1) is 14.7. The number of fused-ring (bicyclic) bond motifs is 3. The molecule has 1 saturated carbocycles. The number of unbranched alkanes of at least 4 members (excludes halogenated alkanes) is 2. The summed E-state index contributed by atoms with van der Waals surface area (Å²) >= 11 is 0. The van der Waals surface area contributed by atoms with Crippen LogP contribution in [0.4, 0.5) is 4.39 Å². The zero-order valence-corrected chi connectivity index (χ0v) is 18.9. The van der Waals surface area contributed by atoms with Crippen LogP contribution in [-0.2, 0) is 12.0 Å². The Labute approximate surface area is 183 Å². The molecule has 0 radical (unpaired) electrons. The van der Waals surface area contributed by atoms with Gasteiger partial charge in [-0.3, -0.25) is 4.79 Å². The molecular weight excluding hydrogens is 393 g/mol. The van der Waals surface area contributed by atoms with Crippen LogP contribution in [0.25, 0.3) is 11.1 Å². The van der Waals surface area contributed by atoms with Gasteiger partial charge in [0.1, 0.15) is 11.4 Å². The first kappa shape index (κ1) is 21.7. The van der Waals surface area contributed by atoms with Gasteiger partial charge in [-0.15, -0.1) is 0 Å². The lowest BCUT2D eigenvalue weighted by Crippen LogP contribution is -2.32. The first-order valence-electron chi connectivity index (χ1n) is 11.4. The number of aromatic hydroxyl groups is 1. The smallest absolute Gasteiger partial charge is 0.255 e. The van der Waals surface area contributed by atoms with Gasteiger partial charge in [0.15, 0.2) is 11.6 Å². The van der Waals surface area contributed by atoms with Gasteiger partial charge >= 0.3 is 0 Å². The Bertz CT molecular complexity index is 1020. The minimum atomic E-state index is -0.750. The van der Waals surface area contributed by atoms with Crippen molar-refractivity contribution in [3.05, 3.63) is 46.3 Å². The number of phenols is 1. The lowest BCUT2D eigenvalue weighted by molar-refractivity contribution is 0.0939. The van der Waals surface area contributed by atoms with Crippen LogP contribution in [0.15, 0.2) is 18.2 Å². The summed E-state index contributed by atoms with van der Waals surface area (Å²) in [5.74, 6) is -0.577. The number of hydrogen-bond acceptors (Lipinski definition) is 3. The number of rotatable bonds is 7. The minimum Gasteiger partial charge on any atom is -0.506 e. The number of carbonyl (C=O) groups is 1. The van der Waals surface area contributed by atoms with Crippen LogP contribution in [0.2, 0.25) is 0 Å². The Morgan fingerprint density at radius 3 is 2.71 bits per heavy atom. The number of benzene rings is 2. The second-order valence-corrected chi connectivity index (χ2v) is 9.49.